The minimum atomic E-state index is 0.0931. The van der Waals surface area contributed by atoms with Crippen LogP contribution in [0.1, 0.15) is 60.4 Å². The van der Waals surface area contributed by atoms with Crippen LogP contribution in [0.3, 0.4) is 0 Å². The second kappa shape index (κ2) is 9.71. The zero-order chi connectivity index (χ0) is 19.9. The Balaban J connectivity index is 1.49. The van der Waals surface area contributed by atoms with Gasteiger partial charge in [-0.2, -0.15) is 0 Å². The maximum absolute atomic E-state index is 9.36. The highest BCUT2D eigenvalue weighted by atomic mass is 16.5. The third-order valence-electron chi connectivity index (χ3n) is 6.00. The predicted octanol–water partition coefficient (Wildman–Crippen LogP) is 5.87. The SMILES string of the molecule is OCc1ccc(C(CC2CCCC2)c2ccc(OCc3ccccn3)cc2)cc1. The minimum absolute atomic E-state index is 0.0931. The zero-order valence-corrected chi connectivity index (χ0v) is 16.8. The van der Waals surface area contributed by atoms with Gasteiger partial charge in [-0.15, -0.1) is 0 Å². The third kappa shape index (κ3) is 5.24. The first-order valence-electron chi connectivity index (χ1n) is 10.6. The molecule has 2 aromatic carbocycles. The number of hydrogen-bond acceptors (Lipinski definition) is 3. The molecule has 1 unspecified atom stereocenters. The molecule has 0 radical (unpaired) electrons. The Kier molecular flexibility index (Phi) is 6.58. The van der Waals surface area contributed by atoms with E-state index in [4.69, 9.17) is 4.74 Å². The molecule has 1 N–H and O–H groups in total. The van der Waals surface area contributed by atoms with E-state index in [1.165, 1.54) is 43.2 Å². The Morgan fingerprint density at radius 2 is 1.59 bits per heavy atom. The van der Waals surface area contributed by atoms with Crippen LogP contribution in [-0.2, 0) is 13.2 Å². The molecule has 3 aromatic rings. The van der Waals surface area contributed by atoms with E-state index in [-0.39, 0.29) is 6.61 Å². The van der Waals surface area contributed by atoms with E-state index >= 15 is 0 Å². The minimum Gasteiger partial charge on any atom is -0.487 e. The fourth-order valence-corrected chi connectivity index (χ4v) is 4.34. The van der Waals surface area contributed by atoms with Gasteiger partial charge in [-0.25, -0.2) is 0 Å². The van der Waals surface area contributed by atoms with Crippen LogP contribution in [0, 0.1) is 5.92 Å². The Morgan fingerprint density at radius 1 is 0.897 bits per heavy atom. The average molecular weight is 388 g/mol. The summed E-state index contributed by atoms with van der Waals surface area (Å²) in [6, 6.07) is 22.9. The Bertz CT molecular complexity index is 869. The summed E-state index contributed by atoms with van der Waals surface area (Å²) < 4.78 is 5.91. The topological polar surface area (TPSA) is 42.4 Å². The van der Waals surface area contributed by atoms with E-state index in [0.29, 0.717) is 12.5 Å². The maximum atomic E-state index is 9.36. The summed E-state index contributed by atoms with van der Waals surface area (Å²) in [5.74, 6) is 2.06. The lowest BCUT2D eigenvalue weighted by Crippen LogP contribution is -2.07. The molecule has 150 valence electrons. The first kappa shape index (κ1) is 19.7. The highest BCUT2D eigenvalue weighted by molar-refractivity contribution is 5.37. The van der Waals surface area contributed by atoms with Gasteiger partial charge >= 0.3 is 0 Å². The lowest BCUT2D eigenvalue weighted by molar-refractivity contribution is 0.282. The van der Waals surface area contributed by atoms with Crippen molar-refractivity contribution in [3.8, 4) is 5.75 Å². The summed E-state index contributed by atoms with van der Waals surface area (Å²) in [4.78, 5) is 4.31. The molecule has 0 saturated heterocycles. The van der Waals surface area contributed by atoms with Crippen LogP contribution in [0.2, 0.25) is 0 Å². The van der Waals surface area contributed by atoms with Crippen molar-refractivity contribution in [3.05, 3.63) is 95.3 Å². The Morgan fingerprint density at radius 3 is 2.21 bits per heavy atom. The van der Waals surface area contributed by atoms with Gasteiger partial charge in [0.05, 0.1) is 12.3 Å². The van der Waals surface area contributed by atoms with E-state index in [9.17, 15) is 5.11 Å². The van der Waals surface area contributed by atoms with Gasteiger partial charge in [0.15, 0.2) is 0 Å². The summed E-state index contributed by atoms with van der Waals surface area (Å²) in [6.45, 7) is 0.574. The molecule has 1 saturated carbocycles. The lowest BCUT2D eigenvalue weighted by Gasteiger charge is -2.22. The van der Waals surface area contributed by atoms with Crippen molar-refractivity contribution in [2.75, 3.05) is 0 Å². The molecule has 1 heterocycles. The molecule has 0 aliphatic heterocycles. The van der Waals surface area contributed by atoms with E-state index in [1.54, 1.807) is 6.20 Å². The molecule has 0 bridgehead atoms. The maximum Gasteiger partial charge on any atom is 0.130 e. The monoisotopic (exact) mass is 387 g/mol. The second-order valence-electron chi connectivity index (χ2n) is 8.02. The summed E-state index contributed by atoms with van der Waals surface area (Å²) in [5, 5.41) is 9.36. The van der Waals surface area contributed by atoms with Crippen molar-refractivity contribution in [3.63, 3.8) is 0 Å². The number of aromatic nitrogens is 1. The summed E-state index contributed by atoms with van der Waals surface area (Å²) in [6.07, 6.45) is 8.39. The van der Waals surface area contributed by atoms with Crippen LogP contribution < -0.4 is 4.74 Å². The molecular formula is C26H29NO2. The molecule has 0 amide bonds. The Labute approximate surface area is 173 Å². The van der Waals surface area contributed by atoms with E-state index < -0.39 is 0 Å². The van der Waals surface area contributed by atoms with Crippen molar-refractivity contribution in [1.29, 1.82) is 0 Å². The van der Waals surface area contributed by atoms with Gasteiger partial charge in [0.1, 0.15) is 12.4 Å². The van der Waals surface area contributed by atoms with Crippen molar-refractivity contribution < 1.29 is 9.84 Å². The lowest BCUT2D eigenvalue weighted by atomic mass is 9.83. The summed E-state index contributed by atoms with van der Waals surface area (Å²) in [5.41, 5.74) is 4.56. The van der Waals surface area contributed by atoms with Gasteiger partial charge in [-0.3, -0.25) is 4.98 Å². The van der Waals surface area contributed by atoms with Gasteiger partial charge in [0, 0.05) is 12.1 Å². The second-order valence-corrected chi connectivity index (χ2v) is 8.02. The van der Waals surface area contributed by atoms with Gasteiger partial charge < -0.3 is 9.84 Å². The van der Waals surface area contributed by atoms with Crippen LogP contribution >= 0.6 is 0 Å². The quantitative estimate of drug-likeness (QED) is 0.526. The number of rotatable bonds is 8. The highest BCUT2D eigenvalue weighted by Gasteiger charge is 2.22. The molecule has 1 aliphatic rings. The number of hydrogen-bond donors (Lipinski definition) is 1. The number of nitrogens with zero attached hydrogens (tertiary/aromatic N) is 1. The van der Waals surface area contributed by atoms with E-state index in [2.05, 4.69) is 41.4 Å². The normalized spacial score (nSPS) is 15.3. The molecule has 1 atom stereocenters. The van der Waals surface area contributed by atoms with Crippen LogP contribution in [-0.4, -0.2) is 10.1 Å². The third-order valence-corrected chi connectivity index (χ3v) is 6.00. The van der Waals surface area contributed by atoms with Crippen LogP contribution in [0.15, 0.2) is 72.9 Å². The number of aliphatic hydroxyl groups excluding tert-OH is 1. The molecule has 3 heteroatoms. The molecule has 29 heavy (non-hydrogen) atoms. The van der Waals surface area contributed by atoms with Gasteiger partial charge in [0.25, 0.3) is 0 Å². The molecule has 3 nitrogen and oxygen atoms in total. The van der Waals surface area contributed by atoms with Gasteiger partial charge in [0.2, 0.25) is 0 Å². The Hall–Kier alpha value is -2.65. The van der Waals surface area contributed by atoms with E-state index in [0.717, 1.165) is 22.9 Å². The largest absolute Gasteiger partial charge is 0.487 e. The molecule has 1 aliphatic carbocycles. The number of benzene rings is 2. The van der Waals surface area contributed by atoms with Crippen molar-refractivity contribution >= 4 is 0 Å². The van der Waals surface area contributed by atoms with Gasteiger partial charge in [-0.05, 0) is 53.3 Å². The predicted molar refractivity (Wildman–Crippen MR) is 116 cm³/mol. The standard InChI is InChI=1S/C26H29NO2/c28-18-21-8-10-22(11-9-21)26(17-20-5-1-2-6-20)23-12-14-25(15-13-23)29-19-24-7-3-4-16-27-24/h3-4,7-16,20,26,28H,1-2,5-6,17-19H2. The molecule has 1 fully saturated rings. The van der Waals surface area contributed by atoms with Gasteiger partial charge in [-0.1, -0.05) is 68.1 Å². The smallest absolute Gasteiger partial charge is 0.130 e. The van der Waals surface area contributed by atoms with Crippen molar-refractivity contribution in [2.24, 2.45) is 5.92 Å². The fourth-order valence-electron chi connectivity index (χ4n) is 4.34. The first-order chi connectivity index (χ1) is 14.3. The van der Waals surface area contributed by atoms with Crippen LogP contribution in [0.4, 0.5) is 0 Å². The first-order valence-corrected chi connectivity index (χ1v) is 10.6. The molecule has 1 aromatic heterocycles. The van der Waals surface area contributed by atoms with Crippen molar-refractivity contribution in [2.45, 2.75) is 51.2 Å². The average Bonchev–Trinajstić information content (AvgIpc) is 3.31. The van der Waals surface area contributed by atoms with Crippen LogP contribution in [0.25, 0.3) is 0 Å². The number of pyridine rings is 1. The fraction of sp³-hybridized carbons (Fsp3) is 0.346. The van der Waals surface area contributed by atoms with Crippen LogP contribution in [0.5, 0.6) is 5.75 Å². The summed E-state index contributed by atoms with van der Waals surface area (Å²) >= 11 is 0. The highest BCUT2D eigenvalue weighted by Crippen LogP contribution is 2.38. The molecule has 4 rings (SSSR count). The summed E-state index contributed by atoms with van der Waals surface area (Å²) in [7, 11) is 0. The molecule has 0 spiro atoms. The number of aliphatic hydroxyl groups is 1. The van der Waals surface area contributed by atoms with E-state index in [1.807, 2.05) is 30.3 Å². The zero-order valence-electron chi connectivity index (χ0n) is 16.8. The number of ether oxygens (including phenoxy) is 1. The van der Waals surface area contributed by atoms with Crippen molar-refractivity contribution in [1.82, 2.24) is 4.98 Å². The molecular weight excluding hydrogens is 358 g/mol.